The number of thiophene rings is 1. The highest BCUT2D eigenvalue weighted by atomic mass is 32.1. The van der Waals surface area contributed by atoms with E-state index in [-0.39, 0.29) is 17.7 Å². The van der Waals surface area contributed by atoms with E-state index in [1.807, 2.05) is 35.6 Å². The molecular weight excluding hydrogens is 354 g/mol. The largest absolute Gasteiger partial charge is 0.356 e. The van der Waals surface area contributed by atoms with Gasteiger partial charge in [0, 0.05) is 30.6 Å². The van der Waals surface area contributed by atoms with Crippen LogP contribution in [0.4, 0.5) is 0 Å². The monoisotopic (exact) mass is 377 g/mol. The lowest BCUT2D eigenvalue weighted by molar-refractivity contribution is -0.126. The van der Waals surface area contributed by atoms with E-state index in [2.05, 4.69) is 10.3 Å². The normalized spacial score (nSPS) is 17.5. The van der Waals surface area contributed by atoms with E-state index in [1.54, 1.807) is 11.3 Å². The van der Waals surface area contributed by atoms with Gasteiger partial charge in [-0.1, -0.05) is 6.92 Å². The quantitative estimate of drug-likeness (QED) is 0.867. The third-order valence-electron chi connectivity index (χ3n) is 4.39. The van der Waals surface area contributed by atoms with Crippen LogP contribution in [0, 0.1) is 12.8 Å². The molecule has 2 amide bonds. The molecule has 2 aromatic rings. The van der Waals surface area contributed by atoms with Gasteiger partial charge in [-0.05, 0) is 37.6 Å². The first-order valence-electron chi connectivity index (χ1n) is 8.67. The zero-order chi connectivity index (χ0) is 17.8. The molecule has 1 fully saturated rings. The van der Waals surface area contributed by atoms with Crippen LogP contribution >= 0.6 is 22.7 Å². The summed E-state index contributed by atoms with van der Waals surface area (Å²) in [6, 6.07) is 2.02. The van der Waals surface area contributed by atoms with E-state index < -0.39 is 0 Å². The fourth-order valence-corrected chi connectivity index (χ4v) is 4.76. The van der Waals surface area contributed by atoms with Crippen molar-refractivity contribution in [1.29, 1.82) is 0 Å². The van der Waals surface area contributed by atoms with Gasteiger partial charge >= 0.3 is 0 Å². The fourth-order valence-electron chi connectivity index (χ4n) is 3.02. The molecule has 134 valence electrons. The number of aromatic nitrogens is 1. The average Bonchev–Trinajstić information content (AvgIpc) is 3.28. The van der Waals surface area contributed by atoms with Crippen LogP contribution in [0.2, 0.25) is 0 Å². The van der Waals surface area contributed by atoms with Crippen molar-refractivity contribution in [3.63, 3.8) is 0 Å². The third-order valence-corrected chi connectivity index (χ3v) is 6.27. The summed E-state index contributed by atoms with van der Waals surface area (Å²) in [6.07, 6.45) is 2.64. The lowest BCUT2D eigenvalue weighted by Crippen LogP contribution is -2.45. The van der Waals surface area contributed by atoms with Crippen LogP contribution in [0.15, 0.2) is 16.8 Å². The first-order valence-corrected chi connectivity index (χ1v) is 10.4. The van der Waals surface area contributed by atoms with E-state index in [0.29, 0.717) is 24.5 Å². The number of nitrogens with zero attached hydrogens (tertiary/aromatic N) is 2. The Labute approximate surface area is 156 Å². The smallest absolute Gasteiger partial charge is 0.265 e. The Bertz CT molecular complexity index is 740. The minimum absolute atomic E-state index is 0.00414. The molecule has 0 saturated carbocycles. The van der Waals surface area contributed by atoms with Crippen LogP contribution in [0.5, 0.6) is 0 Å². The third kappa shape index (κ3) is 4.10. The SMILES string of the molecule is CCCNC(=O)C1CCCN(C(=O)c2sc(-c3ccsc3)nc2C)C1. The zero-order valence-electron chi connectivity index (χ0n) is 14.6. The molecule has 2 aromatic heterocycles. The molecule has 1 aliphatic heterocycles. The molecule has 3 rings (SSSR count). The summed E-state index contributed by atoms with van der Waals surface area (Å²) in [5, 5.41) is 7.89. The number of aryl methyl sites for hydroxylation is 1. The summed E-state index contributed by atoms with van der Waals surface area (Å²) < 4.78 is 0. The Kier molecular flexibility index (Phi) is 5.86. The van der Waals surface area contributed by atoms with E-state index in [9.17, 15) is 9.59 Å². The van der Waals surface area contributed by atoms with Crippen molar-refractivity contribution >= 4 is 34.5 Å². The van der Waals surface area contributed by atoms with Crippen LogP contribution in [-0.4, -0.2) is 41.3 Å². The molecule has 0 aromatic carbocycles. The lowest BCUT2D eigenvalue weighted by atomic mass is 9.97. The number of likely N-dealkylation sites (tertiary alicyclic amines) is 1. The number of hydrogen-bond acceptors (Lipinski definition) is 5. The molecule has 0 aliphatic carbocycles. The molecule has 25 heavy (non-hydrogen) atoms. The van der Waals surface area contributed by atoms with Crippen LogP contribution in [0.25, 0.3) is 10.6 Å². The summed E-state index contributed by atoms with van der Waals surface area (Å²) in [5.74, 6) is -0.0300. The van der Waals surface area contributed by atoms with Gasteiger partial charge in [-0.3, -0.25) is 9.59 Å². The Hall–Kier alpha value is -1.73. The molecule has 0 bridgehead atoms. The molecule has 7 heteroatoms. The van der Waals surface area contributed by atoms with E-state index >= 15 is 0 Å². The number of amides is 2. The van der Waals surface area contributed by atoms with Crippen LogP contribution in [0.3, 0.4) is 0 Å². The van der Waals surface area contributed by atoms with Gasteiger partial charge in [0.2, 0.25) is 5.91 Å². The van der Waals surface area contributed by atoms with Gasteiger partial charge in [0.05, 0.1) is 11.6 Å². The molecular formula is C18H23N3O2S2. The van der Waals surface area contributed by atoms with E-state index in [1.165, 1.54) is 11.3 Å². The Balaban J connectivity index is 1.71. The average molecular weight is 378 g/mol. The molecule has 3 heterocycles. The van der Waals surface area contributed by atoms with Crippen molar-refractivity contribution in [3.8, 4) is 10.6 Å². The highest BCUT2D eigenvalue weighted by Crippen LogP contribution is 2.31. The Morgan fingerprint density at radius 3 is 3.00 bits per heavy atom. The second kappa shape index (κ2) is 8.10. The number of piperidine rings is 1. The first-order chi connectivity index (χ1) is 12.1. The number of rotatable bonds is 5. The van der Waals surface area contributed by atoms with Crippen LogP contribution in [0.1, 0.15) is 41.6 Å². The molecule has 1 aliphatic rings. The summed E-state index contributed by atoms with van der Waals surface area (Å²) >= 11 is 3.07. The van der Waals surface area contributed by atoms with Crippen molar-refractivity contribution < 1.29 is 9.59 Å². The van der Waals surface area contributed by atoms with Crippen molar-refractivity contribution in [2.45, 2.75) is 33.1 Å². The molecule has 0 radical (unpaired) electrons. The minimum Gasteiger partial charge on any atom is -0.356 e. The zero-order valence-corrected chi connectivity index (χ0v) is 16.2. The Morgan fingerprint density at radius 1 is 1.44 bits per heavy atom. The molecule has 1 N–H and O–H groups in total. The molecule has 0 spiro atoms. The summed E-state index contributed by atoms with van der Waals surface area (Å²) in [5.41, 5.74) is 1.83. The van der Waals surface area contributed by atoms with Crippen LogP contribution < -0.4 is 5.32 Å². The van der Waals surface area contributed by atoms with Gasteiger partial charge in [-0.25, -0.2) is 4.98 Å². The standard InChI is InChI=1S/C18H23N3O2S2/c1-3-7-19-16(22)13-5-4-8-21(10-13)18(23)15-12(2)20-17(25-15)14-6-9-24-11-14/h6,9,11,13H,3-5,7-8,10H2,1-2H3,(H,19,22). The second-order valence-corrected chi connectivity index (χ2v) is 8.11. The predicted molar refractivity (Wildman–Crippen MR) is 102 cm³/mol. The molecule has 5 nitrogen and oxygen atoms in total. The van der Waals surface area contributed by atoms with Crippen molar-refractivity contribution in [3.05, 3.63) is 27.4 Å². The highest BCUT2D eigenvalue weighted by Gasteiger charge is 2.30. The maximum atomic E-state index is 13.0. The minimum atomic E-state index is -0.103. The predicted octanol–water partition coefficient (Wildman–Crippen LogP) is 3.56. The lowest BCUT2D eigenvalue weighted by Gasteiger charge is -2.31. The van der Waals surface area contributed by atoms with E-state index in [0.717, 1.165) is 35.5 Å². The van der Waals surface area contributed by atoms with Crippen molar-refractivity contribution in [2.75, 3.05) is 19.6 Å². The van der Waals surface area contributed by atoms with Crippen LogP contribution in [-0.2, 0) is 4.79 Å². The van der Waals surface area contributed by atoms with Gasteiger partial charge in [-0.2, -0.15) is 11.3 Å². The Morgan fingerprint density at radius 2 is 2.28 bits per heavy atom. The first kappa shape index (κ1) is 18.1. The number of carbonyl (C=O) groups is 2. The maximum Gasteiger partial charge on any atom is 0.265 e. The number of carbonyl (C=O) groups excluding carboxylic acids is 2. The van der Waals surface area contributed by atoms with Gasteiger partial charge in [0.15, 0.2) is 0 Å². The molecule has 1 atom stereocenters. The second-order valence-electron chi connectivity index (χ2n) is 6.33. The maximum absolute atomic E-state index is 13.0. The van der Waals surface area contributed by atoms with Gasteiger partial charge < -0.3 is 10.2 Å². The number of nitrogens with one attached hydrogen (secondary N) is 1. The van der Waals surface area contributed by atoms with Crippen molar-refractivity contribution in [2.24, 2.45) is 5.92 Å². The van der Waals surface area contributed by atoms with Gasteiger partial charge in [-0.15, -0.1) is 11.3 Å². The molecule has 1 unspecified atom stereocenters. The fraction of sp³-hybridized carbons (Fsp3) is 0.500. The number of hydrogen-bond donors (Lipinski definition) is 1. The summed E-state index contributed by atoms with van der Waals surface area (Å²) in [7, 11) is 0. The highest BCUT2D eigenvalue weighted by molar-refractivity contribution is 7.17. The topological polar surface area (TPSA) is 62.3 Å². The molecule has 1 saturated heterocycles. The number of thiazole rings is 1. The summed E-state index contributed by atoms with van der Waals surface area (Å²) in [4.78, 5) is 32.3. The summed E-state index contributed by atoms with van der Waals surface area (Å²) in [6.45, 7) is 5.83. The van der Waals surface area contributed by atoms with Gasteiger partial charge in [0.1, 0.15) is 9.88 Å². The van der Waals surface area contributed by atoms with E-state index in [4.69, 9.17) is 0 Å². The van der Waals surface area contributed by atoms with Crippen molar-refractivity contribution in [1.82, 2.24) is 15.2 Å². The van der Waals surface area contributed by atoms with Gasteiger partial charge in [0.25, 0.3) is 5.91 Å².